The molecule has 0 bridgehead atoms. The number of hydrogen-bond acceptors (Lipinski definition) is 2. The van der Waals surface area contributed by atoms with Crippen LogP contribution in [-0.4, -0.2) is 29.8 Å². The second kappa shape index (κ2) is 9.08. The van der Waals surface area contributed by atoms with Crippen LogP contribution in [0.25, 0.3) is 0 Å². The van der Waals surface area contributed by atoms with Crippen LogP contribution in [0, 0.1) is 11.6 Å². The van der Waals surface area contributed by atoms with E-state index in [0.29, 0.717) is 12.0 Å². The van der Waals surface area contributed by atoms with E-state index in [-0.39, 0.29) is 36.4 Å². The van der Waals surface area contributed by atoms with Gasteiger partial charge in [0.05, 0.1) is 6.42 Å². The smallest absolute Gasteiger partial charge is 0.242 e. The molecule has 0 radical (unpaired) electrons. The molecule has 2 amide bonds. The summed E-state index contributed by atoms with van der Waals surface area (Å²) >= 11 is 0. The summed E-state index contributed by atoms with van der Waals surface area (Å²) in [6.07, 6.45) is 0.491. The van der Waals surface area contributed by atoms with Gasteiger partial charge in [0.15, 0.2) is 0 Å². The zero-order valence-electron chi connectivity index (χ0n) is 14.8. The number of likely N-dealkylation sites (N-methyl/N-ethyl adjacent to an activating group) is 1. The number of halogens is 2. The molecule has 0 heterocycles. The van der Waals surface area contributed by atoms with Crippen molar-refractivity contribution in [1.82, 2.24) is 10.2 Å². The van der Waals surface area contributed by atoms with Gasteiger partial charge < -0.3 is 10.2 Å². The fraction of sp³-hybridized carbons (Fsp3) is 0.300. The zero-order chi connectivity index (χ0) is 19.1. The molecular weight excluding hydrogens is 338 g/mol. The first-order chi connectivity index (χ1) is 12.4. The first-order valence-electron chi connectivity index (χ1n) is 8.44. The Labute approximate surface area is 151 Å². The molecule has 26 heavy (non-hydrogen) atoms. The van der Waals surface area contributed by atoms with Crippen molar-refractivity contribution in [3.63, 3.8) is 0 Å². The molecule has 0 aliphatic rings. The van der Waals surface area contributed by atoms with Crippen molar-refractivity contribution in [1.29, 1.82) is 0 Å². The highest BCUT2D eigenvalue weighted by molar-refractivity contribution is 5.88. The van der Waals surface area contributed by atoms with Crippen LogP contribution in [-0.2, 0) is 22.6 Å². The molecule has 1 N–H and O–H groups in total. The largest absolute Gasteiger partial charge is 0.357 e. The van der Waals surface area contributed by atoms with Crippen LogP contribution in [0.3, 0.4) is 0 Å². The molecule has 0 fully saturated rings. The summed E-state index contributed by atoms with van der Waals surface area (Å²) in [7, 11) is 1.52. The second-order valence-corrected chi connectivity index (χ2v) is 5.99. The number of hydrogen-bond donors (Lipinski definition) is 1. The fourth-order valence-electron chi connectivity index (χ4n) is 2.75. The molecule has 0 saturated carbocycles. The van der Waals surface area contributed by atoms with Crippen molar-refractivity contribution < 1.29 is 18.4 Å². The number of amides is 2. The lowest BCUT2D eigenvalue weighted by Crippen LogP contribution is -2.48. The van der Waals surface area contributed by atoms with E-state index in [2.05, 4.69) is 5.32 Å². The Morgan fingerprint density at radius 3 is 1.92 bits per heavy atom. The summed E-state index contributed by atoms with van der Waals surface area (Å²) in [4.78, 5) is 26.6. The van der Waals surface area contributed by atoms with Gasteiger partial charge in [-0.2, -0.15) is 0 Å². The minimum atomic E-state index is -0.641. The first kappa shape index (κ1) is 19.6. The Morgan fingerprint density at radius 1 is 0.962 bits per heavy atom. The van der Waals surface area contributed by atoms with Crippen LogP contribution < -0.4 is 5.32 Å². The van der Waals surface area contributed by atoms with Crippen molar-refractivity contribution in [3.8, 4) is 0 Å². The summed E-state index contributed by atoms with van der Waals surface area (Å²) in [5, 5.41) is 2.58. The molecule has 0 spiro atoms. The summed E-state index contributed by atoms with van der Waals surface area (Å²) in [6, 6.07) is 10.9. The molecule has 0 unspecified atom stereocenters. The maximum absolute atomic E-state index is 13.1. The predicted octanol–water partition coefficient (Wildman–Crippen LogP) is 3.06. The van der Waals surface area contributed by atoms with Crippen LogP contribution in [0.15, 0.2) is 48.5 Å². The highest BCUT2D eigenvalue weighted by Gasteiger charge is 2.27. The molecular formula is C20H22F2N2O2. The average Bonchev–Trinajstić information content (AvgIpc) is 2.64. The highest BCUT2D eigenvalue weighted by Crippen LogP contribution is 2.15. The van der Waals surface area contributed by atoms with Gasteiger partial charge in [-0.25, -0.2) is 8.78 Å². The standard InChI is InChI=1S/C20H22F2N2O2/c1-3-18(20(26)23-2)24(13-15-6-10-17(22)11-7-15)19(25)12-14-4-8-16(21)9-5-14/h4-11,18H,3,12-13H2,1-2H3,(H,23,26)/t18-/m1/s1. The van der Waals surface area contributed by atoms with Gasteiger partial charge in [-0.1, -0.05) is 31.2 Å². The summed E-state index contributed by atoms with van der Waals surface area (Å²) in [5.74, 6) is -1.25. The Hall–Kier alpha value is -2.76. The van der Waals surface area contributed by atoms with Crippen molar-refractivity contribution in [2.45, 2.75) is 32.4 Å². The number of carbonyl (C=O) groups excluding carboxylic acids is 2. The van der Waals surface area contributed by atoms with Gasteiger partial charge in [0.25, 0.3) is 0 Å². The van der Waals surface area contributed by atoms with Crippen molar-refractivity contribution in [2.24, 2.45) is 0 Å². The van der Waals surface area contributed by atoms with E-state index < -0.39 is 6.04 Å². The van der Waals surface area contributed by atoms with Crippen molar-refractivity contribution in [2.75, 3.05) is 7.05 Å². The Bertz CT molecular complexity index is 745. The lowest BCUT2D eigenvalue weighted by Gasteiger charge is -2.30. The zero-order valence-corrected chi connectivity index (χ0v) is 14.8. The van der Waals surface area contributed by atoms with Gasteiger partial charge in [-0.15, -0.1) is 0 Å². The number of carbonyl (C=O) groups is 2. The van der Waals surface area contributed by atoms with E-state index >= 15 is 0 Å². The maximum atomic E-state index is 13.1. The summed E-state index contributed by atoms with van der Waals surface area (Å²) < 4.78 is 26.2. The van der Waals surface area contributed by atoms with Crippen molar-refractivity contribution in [3.05, 3.63) is 71.3 Å². The van der Waals surface area contributed by atoms with E-state index in [0.717, 1.165) is 5.56 Å². The van der Waals surface area contributed by atoms with E-state index in [9.17, 15) is 18.4 Å². The third kappa shape index (κ3) is 5.12. The van der Waals surface area contributed by atoms with Crippen LogP contribution in [0.1, 0.15) is 24.5 Å². The topological polar surface area (TPSA) is 49.4 Å². The minimum absolute atomic E-state index is 0.0506. The van der Waals surface area contributed by atoms with Gasteiger partial charge in [0.2, 0.25) is 11.8 Å². The molecule has 0 aromatic heterocycles. The lowest BCUT2D eigenvalue weighted by molar-refractivity contribution is -0.140. The van der Waals surface area contributed by atoms with Crippen LogP contribution >= 0.6 is 0 Å². The fourth-order valence-corrected chi connectivity index (χ4v) is 2.75. The number of rotatable bonds is 7. The Kier molecular flexibility index (Phi) is 6.83. The molecule has 2 rings (SSSR count). The van der Waals surface area contributed by atoms with Gasteiger partial charge in [-0.3, -0.25) is 9.59 Å². The van der Waals surface area contributed by atoms with E-state index in [4.69, 9.17) is 0 Å². The van der Waals surface area contributed by atoms with E-state index in [1.165, 1.54) is 36.2 Å². The van der Waals surface area contributed by atoms with Gasteiger partial charge in [0, 0.05) is 13.6 Å². The van der Waals surface area contributed by atoms with Gasteiger partial charge in [0.1, 0.15) is 17.7 Å². The molecule has 0 saturated heterocycles. The van der Waals surface area contributed by atoms with Crippen LogP contribution in [0.2, 0.25) is 0 Å². The Morgan fingerprint density at radius 2 is 1.46 bits per heavy atom. The number of nitrogens with zero attached hydrogens (tertiary/aromatic N) is 1. The third-order valence-electron chi connectivity index (χ3n) is 4.17. The molecule has 2 aromatic carbocycles. The second-order valence-electron chi connectivity index (χ2n) is 5.99. The third-order valence-corrected chi connectivity index (χ3v) is 4.17. The van der Waals surface area contributed by atoms with Crippen molar-refractivity contribution >= 4 is 11.8 Å². The van der Waals surface area contributed by atoms with E-state index in [1.807, 2.05) is 6.92 Å². The van der Waals surface area contributed by atoms with Gasteiger partial charge >= 0.3 is 0 Å². The molecule has 6 heteroatoms. The minimum Gasteiger partial charge on any atom is -0.357 e. The lowest BCUT2D eigenvalue weighted by atomic mass is 10.1. The predicted molar refractivity (Wildman–Crippen MR) is 95.2 cm³/mol. The molecule has 4 nitrogen and oxygen atoms in total. The van der Waals surface area contributed by atoms with Crippen LogP contribution in [0.5, 0.6) is 0 Å². The first-order valence-corrected chi connectivity index (χ1v) is 8.44. The Balaban J connectivity index is 2.25. The van der Waals surface area contributed by atoms with Gasteiger partial charge in [-0.05, 0) is 41.8 Å². The normalized spacial score (nSPS) is 11.7. The molecule has 1 atom stereocenters. The number of benzene rings is 2. The monoisotopic (exact) mass is 360 g/mol. The average molecular weight is 360 g/mol. The molecule has 0 aliphatic heterocycles. The summed E-state index contributed by atoms with van der Waals surface area (Å²) in [5.41, 5.74) is 1.38. The summed E-state index contributed by atoms with van der Waals surface area (Å²) in [6.45, 7) is 2.01. The molecule has 2 aromatic rings. The SMILES string of the molecule is CC[C@H](C(=O)NC)N(Cc1ccc(F)cc1)C(=O)Cc1ccc(F)cc1. The van der Waals surface area contributed by atoms with E-state index in [1.54, 1.807) is 24.3 Å². The number of nitrogens with one attached hydrogen (secondary N) is 1. The quantitative estimate of drug-likeness (QED) is 0.825. The highest BCUT2D eigenvalue weighted by atomic mass is 19.1. The maximum Gasteiger partial charge on any atom is 0.242 e. The van der Waals surface area contributed by atoms with Crippen LogP contribution in [0.4, 0.5) is 8.78 Å². The molecule has 138 valence electrons. The molecule has 0 aliphatic carbocycles.